The zero-order valence-corrected chi connectivity index (χ0v) is 68.5. The van der Waals surface area contributed by atoms with Crippen LogP contribution in [0.25, 0.3) is 0 Å². The Hall–Kier alpha value is -5.09. The number of allylic oxidation sites excluding steroid dienone is 28. The minimum absolute atomic E-state index is 0.0685. The number of ether oxygens (including phenoxy) is 3. The average Bonchev–Trinajstić information content (AvgIpc) is 0.907. The molecule has 4 N–H and O–H groups in total. The molecule has 5 unspecified atom stereocenters. The quantitative estimate of drug-likeness (QED) is 0.0146. The number of carbonyl (C=O) groups excluding carboxylic acids is 3. The Morgan fingerprint density at radius 2 is 0.467 bits per heavy atom. The van der Waals surface area contributed by atoms with Crippen LogP contribution in [0.1, 0.15) is 316 Å². The van der Waals surface area contributed by atoms with Gasteiger partial charge in [-0.2, -0.15) is 0 Å². The van der Waals surface area contributed by atoms with Crippen molar-refractivity contribution >= 4 is 33.6 Å². The first-order valence-electron chi connectivity index (χ1n) is 41.4. The summed E-state index contributed by atoms with van der Waals surface area (Å²) in [6.07, 6.45) is 103. The Morgan fingerprint density at radius 1 is 0.262 bits per heavy atom. The third-order valence-corrected chi connectivity index (χ3v) is 18.8. The van der Waals surface area contributed by atoms with Crippen molar-refractivity contribution in [2.24, 2.45) is 0 Å². The van der Waals surface area contributed by atoms with Crippen molar-refractivity contribution in [2.75, 3.05) is 39.6 Å². The Bertz CT molecular complexity index is 2620. The molecule has 0 aliphatic carbocycles. The van der Waals surface area contributed by atoms with Gasteiger partial charge >= 0.3 is 33.6 Å². The maximum absolute atomic E-state index is 13.0. The molecule has 0 rings (SSSR count). The van der Waals surface area contributed by atoms with Crippen LogP contribution in [0.5, 0.6) is 0 Å². The molecule has 0 spiro atoms. The maximum atomic E-state index is 13.0. The minimum atomic E-state index is -4.95. The summed E-state index contributed by atoms with van der Waals surface area (Å²) in [6.45, 7) is 2.30. The van der Waals surface area contributed by atoms with E-state index in [-0.39, 0.29) is 19.3 Å². The smallest absolute Gasteiger partial charge is 0.463 e. The topological polar surface area (TPSA) is 231 Å². The second-order valence-corrected chi connectivity index (χ2v) is 30.0. The van der Waals surface area contributed by atoms with Crippen molar-refractivity contribution in [3.05, 3.63) is 170 Å². The third-order valence-electron chi connectivity index (χ3n) is 16.9. The number of aliphatic hydroxyl groups is 2. The highest BCUT2D eigenvalue weighted by atomic mass is 31.2. The summed E-state index contributed by atoms with van der Waals surface area (Å²) in [5.74, 6) is -1.62. The van der Waals surface area contributed by atoms with Gasteiger partial charge in [-0.05, 0) is 148 Å². The molecule has 0 aliphatic heterocycles. The van der Waals surface area contributed by atoms with Crippen molar-refractivity contribution in [3.8, 4) is 0 Å². The van der Waals surface area contributed by atoms with Crippen LogP contribution in [0.4, 0.5) is 0 Å². The predicted octanol–water partition coefficient (Wildman–Crippen LogP) is 24.8. The highest BCUT2D eigenvalue weighted by Crippen LogP contribution is 2.45. The molecular weight excluding hydrogens is 1390 g/mol. The number of phosphoric ester groups is 2. The number of aliphatic hydroxyl groups excluding tert-OH is 2. The fourth-order valence-electron chi connectivity index (χ4n) is 10.7. The van der Waals surface area contributed by atoms with Crippen molar-refractivity contribution < 1.29 is 75.8 Å². The standard InChI is InChI=1S/C89H148O16P2/c1-4-7-10-13-16-19-22-25-28-31-33-34-35-36-37-38-39-40-41-42-43-44-45-46-47-48-50-53-54-57-60-63-66-69-72-75-87(92)99-78-84(90)79-101-106(95,96)102-80-85(91)81-103-107(97,98)104-83-86(105-89(94)77-74-71-68-65-62-59-56-51-30-27-24-21-18-15-12-9-6-3)82-100-88(93)76-73-70-67-64-61-58-55-52-49-32-29-26-23-20-17-14-11-8-5-2/h7-12,16-21,25-30,33-34,36-37,39-40,49,52,56,59,84-86,90-91H,4-6,13-15,22-24,31-32,35,38,41-48,50-51,53-55,57-58,60-83H2,1-3H3,(H,95,96)(H,97,98)/b10-7-,11-8-,12-9-,19-16-,20-17-,21-18-,28-25-,29-26-,30-27-,34-33-,37-36-,40-39-,52-49-,59-56-. The first kappa shape index (κ1) is 102. The Balaban J connectivity index is 4.47. The Kier molecular flexibility index (Phi) is 76.6. The molecule has 16 nitrogen and oxygen atoms in total. The van der Waals surface area contributed by atoms with Crippen LogP contribution in [0.15, 0.2) is 170 Å². The second-order valence-electron chi connectivity index (χ2n) is 27.1. The summed E-state index contributed by atoms with van der Waals surface area (Å²) in [6, 6.07) is 0. The largest absolute Gasteiger partial charge is 0.472 e. The summed E-state index contributed by atoms with van der Waals surface area (Å²) < 4.78 is 61.2. The van der Waals surface area contributed by atoms with E-state index in [4.69, 9.17) is 32.3 Å². The summed E-state index contributed by atoms with van der Waals surface area (Å²) in [7, 11) is -9.81. The maximum Gasteiger partial charge on any atom is 0.472 e. The Labute approximate surface area is 650 Å². The predicted molar refractivity (Wildman–Crippen MR) is 445 cm³/mol. The summed E-state index contributed by atoms with van der Waals surface area (Å²) in [5, 5.41) is 20.7. The SMILES string of the molecule is CC/C=C\C/C=C\C/C=C\C/C=C\C/C=C\C/C=C\CCCCCCCCCCCCCCCCCCC(=O)OCC(O)COP(=O)(O)OCC(O)COP(=O)(O)OCC(COC(=O)CCCCCCCC/C=C\C/C=C\C/C=C\C/C=C\CC)OC(=O)CCCCCC/C=C\C/C=C\C/C=C\C/C=C\CC. The summed E-state index contributed by atoms with van der Waals surface area (Å²) in [4.78, 5) is 58.7. The molecule has 5 atom stereocenters. The van der Waals surface area contributed by atoms with Crippen LogP contribution in [0, 0.1) is 0 Å². The highest BCUT2D eigenvalue weighted by molar-refractivity contribution is 7.47. The van der Waals surface area contributed by atoms with Crippen LogP contribution >= 0.6 is 15.6 Å². The van der Waals surface area contributed by atoms with Crippen LogP contribution in [0.3, 0.4) is 0 Å². The second kappa shape index (κ2) is 80.4. The van der Waals surface area contributed by atoms with Gasteiger partial charge in [-0.3, -0.25) is 32.5 Å². The molecule has 0 heterocycles. The van der Waals surface area contributed by atoms with E-state index in [1.807, 2.05) is 0 Å². The first-order valence-corrected chi connectivity index (χ1v) is 44.4. The van der Waals surface area contributed by atoms with E-state index in [2.05, 4.69) is 191 Å². The highest BCUT2D eigenvalue weighted by Gasteiger charge is 2.29. The molecule has 0 radical (unpaired) electrons. The zero-order valence-electron chi connectivity index (χ0n) is 66.7. The van der Waals surface area contributed by atoms with Crippen LogP contribution in [-0.4, -0.2) is 95.9 Å². The van der Waals surface area contributed by atoms with E-state index in [1.165, 1.54) is 83.5 Å². The third kappa shape index (κ3) is 81.7. The molecule has 107 heavy (non-hydrogen) atoms. The van der Waals surface area contributed by atoms with E-state index in [9.17, 15) is 43.5 Å². The number of esters is 3. The molecule has 0 aromatic carbocycles. The lowest BCUT2D eigenvalue weighted by atomic mass is 10.0. The number of unbranched alkanes of at least 4 members (excludes halogenated alkanes) is 26. The number of carbonyl (C=O) groups is 3. The van der Waals surface area contributed by atoms with E-state index in [0.717, 1.165) is 173 Å². The lowest BCUT2D eigenvalue weighted by Crippen LogP contribution is -2.30. The van der Waals surface area contributed by atoms with Crippen LogP contribution in [-0.2, 0) is 55.8 Å². The van der Waals surface area contributed by atoms with Gasteiger partial charge < -0.3 is 34.2 Å². The molecular formula is C89H148O16P2. The Morgan fingerprint density at radius 3 is 0.738 bits per heavy atom. The van der Waals surface area contributed by atoms with Gasteiger partial charge in [0.2, 0.25) is 0 Å². The summed E-state index contributed by atoms with van der Waals surface area (Å²) in [5.41, 5.74) is 0. The van der Waals surface area contributed by atoms with Gasteiger partial charge in [0.25, 0.3) is 0 Å². The lowest BCUT2D eigenvalue weighted by molar-refractivity contribution is -0.161. The van der Waals surface area contributed by atoms with E-state index >= 15 is 0 Å². The van der Waals surface area contributed by atoms with Crippen molar-refractivity contribution in [1.29, 1.82) is 0 Å². The van der Waals surface area contributed by atoms with Crippen LogP contribution < -0.4 is 0 Å². The zero-order chi connectivity index (χ0) is 78.0. The molecule has 0 aromatic rings. The van der Waals surface area contributed by atoms with E-state index < -0.39 is 91.5 Å². The molecule has 0 bridgehead atoms. The molecule has 0 aliphatic rings. The van der Waals surface area contributed by atoms with E-state index in [0.29, 0.717) is 19.3 Å². The molecule has 0 aromatic heterocycles. The molecule has 0 saturated carbocycles. The molecule has 18 heteroatoms. The van der Waals surface area contributed by atoms with Gasteiger partial charge in [-0.1, -0.05) is 319 Å². The van der Waals surface area contributed by atoms with Gasteiger partial charge in [-0.25, -0.2) is 9.13 Å². The van der Waals surface area contributed by atoms with Gasteiger partial charge in [0.1, 0.15) is 25.4 Å². The minimum Gasteiger partial charge on any atom is -0.463 e. The van der Waals surface area contributed by atoms with Crippen molar-refractivity contribution in [2.45, 2.75) is 334 Å². The molecule has 0 saturated heterocycles. The number of hydrogen-bond donors (Lipinski definition) is 4. The number of phosphoric acid groups is 2. The van der Waals surface area contributed by atoms with Gasteiger partial charge in [0.15, 0.2) is 6.10 Å². The number of hydrogen-bond acceptors (Lipinski definition) is 14. The molecule has 610 valence electrons. The van der Waals surface area contributed by atoms with Gasteiger partial charge in [0.05, 0.1) is 26.4 Å². The van der Waals surface area contributed by atoms with Crippen molar-refractivity contribution in [1.82, 2.24) is 0 Å². The monoisotopic (exact) mass is 1540 g/mol. The average molecular weight is 1540 g/mol. The molecule has 0 fully saturated rings. The first-order chi connectivity index (χ1) is 52.2. The van der Waals surface area contributed by atoms with Crippen LogP contribution in [0.2, 0.25) is 0 Å². The van der Waals surface area contributed by atoms with Crippen molar-refractivity contribution in [3.63, 3.8) is 0 Å². The normalized spacial score (nSPS) is 14.8. The van der Waals surface area contributed by atoms with Gasteiger partial charge in [-0.15, -0.1) is 0 Å². The number of rotatable bonds is 77. The lowest BCUT2D eigenvalue weighted by Gasteiger charge is -2.21. The van der Waals surface area contributed by atoms with E-state index in [1.54, 1.807) is 0 Å². The fraction of sp³-hybridized carbons (Fsp3) is 0.652. The summed E-state index contributed by atoms with van der Waals surface area (Å²) >= 11 is 0. The fourth-order valence-corrected chi connectivity index (χ4v) is 12.3. The molecule has 0 amide bonds. The van der Waals surface area contributed by atoms with Gasteiger partial charge in [0, 0.05) is 19.3 Å².